The molecule has 0 aliphatic carbocycles. The summed E-state index contributed by atoms with van der Waals surface area (Å²) >= 11 is 6.10. The van der Waals surface area contributed by atoms with Gasteiger partial charge in [0.1, 0.15) is 0 Å². The summed E-state index contributed by atoms with van der Waals surface area (Å²) in [5.74, 6) is 0.874. The average Bonchev–Trinajstić information content (AvgIpc) is 2.38. The van der Waals surface area contributed by atoms with Gasteiger partial charge in [0.2, 0.25) is 5.91 Å². The highest BCUT2D eigenvalue weighted by molar-refractivity contribution is 6.32. The third kappa shape index (κ3) is 3.67. The van der Waals surface area contributed by atoms with Crippen molar-refractivity contribution in [3.8, 4) is 11.5 Å². The summed E-state index contributed by atoms with van der Waals surface area (Å²) in [6.07, 6.45) is 3.08. The zero-order valence-corrected chi connectivity index (χ0v) is 11.4. The summed E-state index contributed by atoms with van der Waals surface area (Å²) in [6.45, 7) is 2.37. The van der Waals surface area contributed by atoms with Gasteiger partial charge in [-0.2, -0.15) is 0 Å². The maximum Gasteiger partial charge on any atom is 0.243 e. The Hall–Kier alpha value is -1.68. The fraction of sp³-hybridized carbons (Fsp3) is 0.308. The van der Waals surface area contributed by atoms with Gasteiger partial charge in [-0.3, -0.25) is 4.79 Å². The maximum absolute atomic E-state index is 11.1. The first-order chi connectivity index (χ1) is 8.62. The van der Waals surface area contributed by atoms with Gasteiger partial charge in [0.15, 0.2) is 11.5 Å². The molecule has 1 amide bonds. The molecule has 0 saturated heterocycles. The van der Waals surface area contributed by atoms with Crippen molar-refractivity contribution >= 4 is 23.6 Å². The van der Waals surface area contributed by atoms with Crippen LogP contribution in [0.4, 0.5) is 0 Å². The van der Waals surface area contributed by atoms with E-state index in [4.69, 9.17) is 21.1 Å². The first-order valence-electron chi connectivity index (χ1n) is 5.52. The number of halogens is 1. The van der Waals surface area contributed by atoms with Crippen LogP contribution in [0, 0.1) is 0 Å². The predicted octanol–water partition coefficient (Wildman–Crippen LogP) is 2.51. The van der Waals surface area contributed by atoms with E-state index in [9.17, 15) is 4.79 Å². The molecule has 0 radical (unpaired) electrons. The number of rotatable bonds is 5. The quantitative estimate of drug-likeness (QED) is 0.836. The summed E-state index contributed by atoms with van der Waals surface area (Å²) in [5.41, 5.74) is 0.768. The van der Waals surface area contributed by atoms with Gasteiger partial charge in [-0.1, -0.05) is 11.6 Å². The molecule has 98 valence electrons. The Balaban J connectivity index is 3.06. The second-order valence-electron chi connectivity index (χ2n) is 3.41. The van der Waals surface area contributed by atoms with E-state index in [0.29, 0.717) is 23.1 Å². The highest BCUT2D eigenvalue weighted by atomic mass is 35.5. The van der Waals surface area contributed by atoms with Crippen molar-refractivity contribution in [1.82, 2.24) is 5.32 Å². The summed E-state index contributed by atoms with van der Waals surface area (Å²) in [7, 11) is 3.11. The van der Waals surface area contributed by atoms with Gasteiger partial charge in [-0.15, -0.1) is 0 Å². The van der Waals surface area contributed by atoms with Crippen molar-refractivity contribution in [2.24, 2.45) is 0 Å². The van der Waals surface area contributed by atoms with Crippen molar-refractivity contribution < 1.29 is 14.3 Å². The number of ether oxygens (including phenoxy) is 2. The standard InChI is InChI=1S/C13H16ClNO3/c1-4-18-13-10(14)7-9(8-11(13)17-3)5-6-12(16)15-2/h5-8H,4H2,1-3H3,(H,15,16)/b6-5+. The molecule has 0 spiro atoms. The average molecular weight is 270 g/mol. The van der Waals surface area contributed by atoms with E-state index in [1.807, 2.05) is 6.92 Å². The summed E-state index contributed by atoms with van der Waals surface area (Å²) in [6, 6.07) is 3.48. The molecule has 0 aliphatic heterocycles. The van der Waals surface area contributed by atoms with Crippen LogP contribution in [0.5, 0.6) is 11.5 Å². The number of carbonyl (C=O) groups is 1. The number of nitrogens with one attached hydrogen (secondary N) is 1. The Kier molecular flexibility index (Phi) is 5.52. The SMILES string of the molecule is CCOc1c(Cl)cc(/C=C/C(=O)NC)cc1OC. The molecule has 18 heavy (non-hydrogen) atoms. The van der Waals surface area contributed by atoms with Crippen molar-refractivity contribution in [2.45, 2.75) is 6.92 Å². The van der Waals surface area contributed by atoms with E-state index < -0.39 is 0 Å². The van der Waals surface area contributed by atoms with Crippen LogP contribution in [-0.4, -0.2) is 26.7 Å². The number of carbonyl (C=O) groups excluding carboxylic acids is 1. The molecule has 0 bridgehead atoms. The molecule has 0 aromatic heterocycles. The van der Waals surface area contributed by atoms with Crippen molar-refractivity contribution in [3.63, 3.8) is 0 Å². The van der Waals surface area contributed by atoms with Crippen LogP contribution in [0.25, 0.3) is 6.08 Å². The molecule has 0 saturated carbocycles. The molecular formula is C13H16ClNO3. The first-order valence-corrected chi connectivity index (χ1v) is 5.90. The molecule has 0 unspecified atom stereocenters. The largest absolute Gasteiger partial charge is 0.493 e. The second-order valence-corrected chi connectivity index (χ2v) is 3.82. The number of amides is 1. The van der Waals surface area contributed by atoms with E-state index in [1.54, 1.807) is 32.4 Å². The van der Waals surface area contributed by atoms with E-state index in [1.165, 1.54) is 6.08 Å². The lowest BCUT2D eigenvalue weighted by Crippen LogP contribution is -2.13. The lowest BCUT2D eigenvalue weighted by molar-refractivity contribution is -0.115. The summed E-state index contributed by atoms with van der Waals surface area (Å²) < 4.78 is 10.6. The predicted molar refractivity (Wildman–Crippen MR) is 72.3 cm³/mol. The van der Waals surface area contributed by atoms with E-state index >= 15 is 0 Å². The topological polar surface area (TPSA) is 47.6 Å². The Morgan fingerprint density at radius 2 is 2.22 bits per heavy atom. The minimum Gasteiger partial charge on any atom is -0.493 e. The number of hydrogen-bond donors (Lipinski definition) is 1. The van der Waals surface area contributed by atoms with Gasteiger partial charge in [0.25, 0.3) is 0 Å². The molecular weight excluding hydrogens is 254 g/mol. The van der Waals surface area contributed by atoms with Crippen LogP contribution in [0.3, 0.4) is 0 Å². The number of hydrogen-bond acceptors (Lipinski definition) is 3. The minimum absolute atomic E-state index is 0.182. The van der Waals surface area contributed by atoms with Crippen LogP contribution in [0.15, 0.2) is 18.2 Å². The van der Waals surface area contributed by atoms with Crippen molar-refractivity contribution in [3.05, 3.63) is 28.8 Å². The van der Waals surface area contributed by atoms with Gasteiger partial charge in [-0.05, 0) is 30.7 Å². The van der Waals surface area contributed by atoms with Gasteiger partial charge >= 0.3 is 0 Å². The number of methoxy groups -OCH3 is 1. The van der Waals surface area contributed by atoms with E-state index in [-0.39, 0.29) is 5.91 Å². The third-order valence-electron chi connectivity index (χ3n) is 2.21. The molecule has 0 aliphatic rings. The zero-order chi connectivity index (χ0) is 13.5. The van der Waals surface area contributed by atoms with Gasteiger partial charge in [0, 0.05) is 13.1 Å². The fourth-order valence-corrected chi connectivity index (χ4v) is 1.65. The van der Waals surface area contributed by atoms with Crippen LogP contribution >= 0.6 is 11.6 Å². The Labute approximate surface area is 112 Å². The first kappa shape index (κ1) is 14.4. The fourth-order valence-electron chi connectivity index (χ4n) is 1.38. The van der Waals surface area contributed by atoms with E-state index in [2.05, 4.69) is 5.32 Å². The molecule has 1 N–H and O–H groups in total. The molecule has 1 aromatic rings. The highest BCUT2D eigenvalue weighted by Crippen LogP contribution is 2.36. The maximum atomic E-state index is 11.1. The van der Waals surface area contributed by atoms with Crippen molar-refractivity contribution in [2.75, 3.05) is 20.8 Å². The van der Waals surface area contributed by atoms with Gasteiger partial charge in [0.05, 0.1) is 18.7 Å². The van der Waals surface area contributed by atoms with Crippen LogP contribution in [-0.2, 0) is 4.79 Å². The molecule has 4 nitrogen and oxygen atoms in total. The highest BCUT2D eigenvalue weighted by Gasteiger charge is 2.10. The Bertz CT molecular complexity index is 458. The van der Waals surface area contributed by atoms with E-state index in [0.717, 1.165) is 5.56 Å². The Morgan fingerprint density at radius 1 is 1.50 bits per heavy atom. The zero-order valence-electron chi connectivity index (χ0n) is 10.6. The molecule has 0 atom stereocenters. The number of likely N-dealkylation sites (N-methyl/N-ethyl adjacent to an activating group) is 1. The second kappa shape index (κ2) is 6.91. The molecule has 1 aromatic carbocycles. The smallest absolute Gasteiger partial charge is 0.243 e. The van der Waals surface area contributed by atoms with Gasteiger partial charge < -0.3 is 14.8 Å². The minimum atomic E-state index is -0.182. The molecule has 0 heterocycles. The third-order valence-corrected chi connectivity index (χ3v) is 2.49. The van der Waals surface area contributed by atoms with Crippen LogP contribution in [0.2, 0.25) is 5.02 Å². The Morgan fingerprint density at radius 3 is 2.78 bits per heavy atom. The normalized spacial score (nSPS) is 10.4. The number of benzene rings is 1. The van der Waals surface area contributed by atoms with Crippen LogP contribution in [0.1, 0.15) is 12.5 Å². The summed E-state index contributed by atoms with van der Waals surface area (Å²) in [4.78, 5) is 11.1. The lowest BCUT2D eigenvalue weighted by atomic mass is 10.2. The molecule has 5 heteroatoms. The van der Waals surface area contributed by atoms with Crippen molar-refractivity contribution in [1.29, 1.82) is 0 Å². The molecule has 0 fully saturated rings. The monoisotopic (exact) mass is 269 g/mol. The summed E-state index contributed by atoms with van der Waals surface area (Å²) in [5, 5.41) is 2.95. The van der Waals surface area contributed by atoms with Gasteiger partial charge in [-0.25, -0.2) is 0 Å². The van der Waals surface area contributed by atoms with Crippen LogP contribution < -0.4 is 14.8 Å². The molecule has 1 rings (SSSR count). The lowest BCUT2D eigenvalue weighted by Gasteiger charge is -2.11.